The molecule has 1 N–H and O–H groups in total. The van der Waals surface area contributed by atoms with E-state index in [4.69, 9.17) is 5.26 Å². The number of carbonyl (C=O) groups is 1. The first-order valence-corrected chi connectivity index (χ1v) is 6.70. The summed E-state index contributed by atoms with van der Waals surface area (Å²) in [6, 6.07) is 3.47. The van der Waals surface area contributed by atoms with Gasteiger partial charge in [0.15, 0.2) is 5.82 Å². The van der Waals surface area contributed by atoms with E-state index in [-0.39, 0.29) is 11.7 Å². The molecule has 7 heteroatoms. The standard InChI is InChI=1S/C14H21N5O2/c1-10(2)9-18(19(13(20)21)14(3,4)5)12-6-7-16-11(8-15)17-12/h6-7,10H,9H2,1-5H3,(H,20,21). The van der Waals surface area contributed by atoms with Gasteiger partial charge in [-0.05, 0) is 26.7 Å². The zero-order chi connectivity index (χ0) is 16.2. The summed E-state index contributed by atoms with van der Waals surface area (Å²) in [4.78, 5) is 19.6. The number of carboxylic acid groups (broad SMARTS) is 1. The summed E-state index contributed by atoms with van der Waals surface area (Å²) in [5.74, 6) is 0.628. The maximum absolute atomic E-state index is 11.7. The van der Waals surface area contributed by atoms with Gasteiger partial charge < -0.3 is 5.11 Å². The average Bonchev–Trinajstić information content (AvgIpc) is 2.35. The Morgan fingerprint density at radius 1 is 1.48 bits per heavy atom. The highest BCUT2D eigenvalue weighted by atomic mass is 16.4. The Bertz CT molecular complexity index is 545. The predicted octanol–water partition coefficient (Wildman–Crippen LogP) is 2.50. The van der Waals surface area contributed by atoms with Crippen molar-refractivity contribution in [2.45, 2.75) is 40.2 Å². The topological polar surface area (TPSA) is 93.4 Å². The minimum Gasteiger partial charge on any atom is -0.464 e. The first-order chi connectivity index (χ1) is 9.66. The molecule has 0 spiro atoms. The molecular formula is C14H21N5O2. The molecule has 1 heterocycles. The van der Waals surface area contributed by atoms with Crippen molar-refractivity contribution in [2.75, 3.05) is 11.6 Å². The fourth-order valence-electron chi connectivity index (χ4n) is 1.92. The quantitative estimate of drug-likeness (QED) is 0.857. The minimum absolute atomic E-state index is 0.0144. The van der Waals surface area contributed by atoms with E-state index >= 15 is 0 Å². The van der Waals surface area contributed by atoms with E-state index in [1.165, 1.54) is 11.2 Å². The van der Waals surface area contributed by atoms with Crippen molar-refractivity contribution in [2.24, 2.45) is 5.92 Å². The van der Waals surface area contributed by atoms with E-state index in [1.54, 1.807) is 31.8 Å². The molecule has 0 unspecified atom stereocenters. The summed E-state index contributed by atoms with van der Waals surface area (Å²) in [5.41, 5.74) is -0.640. The molecular weight excluding hydrogens is 270 g/mol. The Kier molecular flexibility index (Phi) is 5.08. The second-order valence-corrected chi connectivity index (χ2v) is 6.09. The normalized spacial score (nSPS) is 11.1. The summed E-state index contributed by atoms with van der Waals surface area (Å²) in [7, 11) is 0. The van der Waals surface area contributed by atoms with Crippen LogP contribution in [0.1, 0.15) is 40.4 Å². The zero-order valence-corrected chi connectivity index (χ0v) is 13.0. The van der Waals surface area contributed by atoms with Crippen LogP contribution in [-0.2, 0) is 0 Å². The number of nitriles is 1. The number of anilines is 1. The fraction of sp³-hybridized carbons (Fsp3) is 0.571. The minimum atomic E-state index is -1.07. The van der Waals surface area contributed by atoms with Crippen molar-refractivity contribution in [3.8, 4) is 6.07 Å². The summed E-state index contributed by atoms with van der Waals surface area (Å²) >= 11 is 0. The highest BCUT2D eigenvalue weighted by molar-refractivity contribution is 5.68. The van der Waals surface area contributed by atoms with Gasteiger partial charge in [0.05, 0.1) is 5.54 Å². The van der Waals surface area contributed by atoms with Crippen molar-refractivity contribution in [1.29, 1.82) is 5.26 Å². The summed E-state index contributed by atoms with van der Waals surface area (Å²) in [6.07, 6.45) is 0.386. The van der Waals surface area contributed by atoms with Crippen molar-refractivity contribution >= 4 is 11.9 Å². The number of amides is 1. The predicted molar refractivity (Wildman–Crippen MR) is 78.5 cm³/mol. The molecule has 0 aromatic carbocycles. The van der Waals surface area contributed by atoms with E-state index in [0.29, 0.717) is 12.4 Å². The van der Waals surface area contributed by atoms with Crippen LogP contribution < -0.4 is 5.01 Å². The van der Waals surface area contributed by atoms with Crippen LogP contribution >= 0.6 is 0 Å². The molecule has 0 atom stereocenters. The molecule has 7 nitrogen and oxygen atoms in total. The van der Waals surface area contributed by atoms with Crippen LogP contribution in [0, 0.1) is 17.2 Å². The lowest BCUT2D eigenvalue weighted by atomic mass is 10.1. The van der Waals surface area contributed by atoms with Crippen molar-refractivity contribution in [3.05, 3.63) is 18.1 Å². The third kappa shape index (κ3) is 4.31. The number of rotatable bonds is 4. The van der Waals surface area contributed by atoms with Crippen LogP contribution in [-0.4, -0.2) is 38.3 Å². The van der Waals surface area contributed by atoms with Gasteiger partial charge in [-0.15, -0.1) is 0 Å². The molecule has 0 aliphatic rings. The van der Waals surface area contributed by atoms with E-state index < -0.39 is 11.6 Å². The maximum Gasteiger partial charge on any atom is 0.426 e. The molecule has 114 valence electrons. The zero-order valence-electron chi connectivity index (χ0n) is 13.0. The Morgan fingerprint density at radius 2 is 2.10 bits per heavy atom. The van der Waals surface area contributed by atoms with Crippen molar-refractivity contribution in [1.82, 2.24) is 15.0 Å². The second kappa shape index (κ2) is 6.39. The highest BCUT2D eigenvalue weighted by Crippen LogP contribution is 2.23. The van der Waals surface area contributed by atoms with Crippen LogP contribution in [0.3, 0.4) is 0 Å². The SMILES string of the molecule is CC(C)CN(c1ccnc(C#N)n1)N(C(=O)O)C(C)(C)C. The molecule has 0 aliphatic carbocycles. The molecule has 1 aromatic heterocycles. The molecule has 1 amide bonds. The average molecular weight is 291 g/mol. The smallest absolute Gasteiger partial charge is 0.426 e. The van der Waals surface area contributed by atoms with Gasteiger partial charge in [0.1, 0.15) is 6.07 Å². The van der Waals surface area contributed by atoms with Crippen LogP contribution in [0.15, 0.2) is 12.3 Å². The highest BCUT2D eigenvalue weighted by Gasteiger charge is 2.33. The third-order valence-electron chi connectivity index (χ3n) is 2.60. The first kappa shape index (κ1) is 16.7. The van der Waals surface area contributed by atoms with E-state index in [9.17, 15) is 9.90 Å². The van der Waals surface area contributed by atoms with Gasteiger partial charge in [-0.1, -0.05) is 13.8 Å². The number of nitrogens with zero attached hydrogens (tertiary/aromatic N) is 5. The summed E-state index contributed by atoms with van der Waals surface area (Å²) in [5, 5.41) is 21.3. The van der Waals surface area contributed by atoms with Gasteiger partial charge in [-0.3, -0.25) is 5.01 Å². The number of aromatic nitrogens is 2. The Hall–Kier alpha value is -2.36. The van der Waals surface area contributed by atoms with Gasteiger partial charge >= 0.3 is 6.09 Å². The molecule has 0 saturated heterocycles. The first-order valence-electron chi connectivity index (χ1n) is 6.70. The number of hydrazine groups is 1. The van der Waals surface area contributed by atoms with Crippen molar-refractivity contribution in [3.63, 3.8) is 0 Å². The molecule has 0 fully saturated rings. The molecule has 0 saturated carbocycles. The Morgan fingerprint density at radius 3 is 2.52 bits per heavy atom. The Balaban J connectivity index is 3.33. The fourth-order valence-corrected chi connectivity index (χ4v) is 1.92. The molecule has 21 heavy (non-hydrogen) atoms. The van der Waals surface area contributed by atoms with Gasteiger partial charge in [0, 0.05) is 18.8 Å². The molecule has 0 bridgehead atoms. The van der Waals surface area contributed by atoms with E-state index in [1.807, 2.05) is 19.9 Å². The van der Waals surface area contributed by atoms with Gasteiger partial charge in [0.2, 0.25) is 5.82 Å². The van der Waals surface area contributed by atoms with Crippen molar-refractivity contribution < 1.29 is 9.90 Å². The molecule has 0 aliphatic heterocycles. The van der Waals surface area contributed by atoms with Gasteiger partial charge in [0.25, 0.3) is 0 Å². The Labute approximate surface area is 124 Å². The molecule has 1 aromatic rings. The van der Waals surface area contributed by atoms with Crippen LogP contribution in [0.2, 0.25) is 0 Å². The van der Waals surface area contributed by atoms with E-state index in [2.05, 4.69) is 9.97 Å². The molecule has 0 radical (unpaired) electrons. The lowest BCUT2D eigenvalue weighted by Gasteiger charge is -2.42. The lowest BCUT2D eigenvalue weighted by Crippen LogP contribution is -2.57. The number of hydrogen-bond donors (Lipinski definition) is 1. The summed E-state index contributed by atoms with van der Waals surface area (Å²) in [6.45, 7) is 9.86. The largest absolute Gasteiger partial charge is 0.464 e. The number of hydrogen-bond acceptors (Lipinski definition) is 5. The lowest BCUT2D eigenvalue weighted by molar-refractivity contribution is 0.0887. The molecule has 1 rings (SSSR count). The van der Waals surface area contributed by atoms with Crippen LogP contribution in [0.25, 0.3) is 0 Å². The monoisotopic (exact) mass is 291 g/mol. The van der Waals surface area contributed by atoms with Gasteiger partial charge in [-0.2, -0.15) is 10.2 Å². The third-order valence-corrected chi connectivity index (χ3v) is 2.60. The van der Waals surface area contributed by atoms with Crippen LogP contribution in [0.4, 0.5) is 10.6 Å². The van der Waals surface area contributed by atoms with Crippen LogP contribution in [0.5, 0.6) is 0 Å². The summed E-state index contributed by atoms with van der Waals surface area (Å²) < 4.78 is 0. The second-order valence-electron chi connectivity index (χ2n) is 6.09. The van der Waals surface area contributed by atoms with Gasteiger partial charge in [-0.25, -0.2) is 14.8 Å². The maximum atomic E-state index is 11.7. The van der Waals surface area contributed by atoms with E-state index in [0.717, 1.165) is 0 Å².